The van der Waals surface area contributed by atoms with Crippen molar-refractivity contribution in [2.24, 2.45) is 23.7 Å². The minimum Gasteiger partial charge on any atom is -0.385 e. The molecule has 0 heterocycles. The van der Waals surface area contributed by atoms with Crippen LogP contribution in [0.5, 0.6) is 0 Å². The molecular weight excluding hydrogens is 520 g/mol. The first-order valence-electron chi connectivity index (χ1n) is 14.1. The lowest BCUT2D eigenvalue weighted by Gasteiger charge is -2.64. The van der Waals surface area contributed by atoms with Crippen molar-refractivity contribution in [3.63, 3.8) is 0 Å². The molecule has 4 aromatic rings. The van der Waals surface area contributed by atoms with Crippen LogP contribution in [0.25, 0.3) is 21.5 Å². The molecule has 190 valence electrons. The number of halogens is 1. The molecule has 7 rings (SSSR count). The van der Waals surface area contributed by atoms with Crippen LogP contribution in [0.4, 0.5) is 0 Å². The van der Waals surface area contributed by atoms with Gasteiger partial charge in [-0.25, -0.2) is 0 Å². The second-order valence-electron chi connectivity index (χ2n) is 11.8. The fourth-order valence-corrected chi connectivity index (χ4v) is 9.48. The van der Waals surface area contributed by atoms with Gasteiger partial charge >= 0.3 is 0 Å². The predicted molar refractivity (Wildman–Crippen MR) is 155 cm³/mol. The number of hydrogen-bond acceptors (Lipinski definition) is 2. The maximum Gasteiger partial charge on any atom is 0.0966 e. The minimum absolute atomic E-state index is 0.00424. The molecule has 3 fully saturated rings. The first kappa shape index (κ1) is 23.9. The van der Waals surface area contributed by atoms with Gasteiger partial charge in [-0.05, 0) is 88.4 Å². The summed E-state index contributed by atoms with van der Waals surface area (Å²) in [6.07, 6.45) is 6.94. The summed E-state index contributed by atoms with van der Waals surface area (Å²) in [5.41, 5.74) is 0.213. The van der Waals surface area contributed by atoms with Gasteiger partial charge in [0.25, 0.3) is 0 Å². The standard InChI is InChI=1S/C34H35BrO2/c35-24-19-20-31-32(21-24)34(37,28-18-8-12-23-10-2-4-14-26(23)28)30-16-6-5-15-29(30)33(31,36)27-17-7-11-22-9-1-3-13-25(22)27/h1-4,7-14,17-18,24,29-32,36-37H,5-6,15-16,19-21H2. The van der Waals surface area contributed by atoms with Gasteiger partial charge in [0.2, 0.25) is 0 Å². The predicted octanol–water partition coefficient (Wildman–Crippen LogP) is 8.07. The largest absolute Gasteiger partial charge is 0.385 e. The Morgan fingerprint density at radius 1 is 0.541 bits per heavy atom. The Hall–Kier alpha value is -2.20. The monoisotopic (exact) mass is 554 g/mol. The summed E-state index contributed by atoms with van der Waals surface area (Å²) in [6.45, 7) is 0. The highest BCUT2D eigenvalue weighted by Crippen LogP contribution is 2.66. The van der Waals surface area contributed by atoms with Crippen molar-refractivity contribution in [3.8, 4) is 0 Å². The molecule has 3 saturated carbocycles. The van der Waals surface area contributed by atoms with Crippen LogP contribution in [0.15, 0.2) is 84.9 Å². The first-order valence-corrected chi connectivity index (χ1v) is 15.0. The van der Waals surface area contributed by atoms with Crippen LogP contribution >= 0.6 is 15.9 Å². The van der Waals surface area contributed by atoms with E-state index in [1.54, 1.807) is 0 Å². The van der Waals surface area contributed by atoms with Gasteiger partial charge in [-0.15, -0.1) is 0 Å². The van der Waals surface area contributed by atoms with E-state index in [1.165, 1.54) is 10.8 Å². The molecule has 0 amide bonds. The molecule has 0 spiro atoms. The van der Waals surface area contributed by atoms with Gasteiger partial charge in [-0.3, -0.25) is 0 Å². The highest BCUT2D eigenvalue weighted by molar-refractivity contribution is 9.09. The Bertz CT molecular complexity index is 1450. The zero-order valence-corrected chi connectivity index (χ0v) is 22.8. The molecule has 3 heteroatoms. The van der Waals surface area contributed by atoms with Crippen molar-refractivity contribution < 1.29 is 10.2 Å². The third-order valence-electron chi connectivity index (χ3n) is 10.3. The molecule has 0 aliphatic heterocycles. The molecule has 3 aliphatic rings. The van der Waals surface area contributed by atoms with E-state index in [-0.39, 0.29) is 23.7 Å². The fraction of sp³-hybridized carbons (Fsp3) is 0.412. The normalized spacial score (nSPS) is 35.7. The first-order chi connectivity index (χ1) is 18.0. The van der Waals surface area contributed by atoms with Crippen LogP contribution in [0.1, 0.15) is 56.1 Å². The number of alkyl halides is 1. The van der Waals surface area contributed by atoms with Crippen LogP contribution in [-0.4, -0.2) is 15.0 Å². The maximum absolute atomic E-state index is 13.2. The number of rotatable bonds is 2. The highest BCUT2D eigenvalue weighted by atomic mass is 79.9. The highest BCUT2D eigenvalue weighted by Gasteiger charge is 2.66. The molecule has 0 radical (unpaired) electrons. The summed E-state index contributed by atoms with van der Waals surface area (Å²) in [6, 6.07) is 29.9. The van der Waals surface area contributed by atoms with Crippen LogP contribution < -0.4 is 0 Å². The van der Waals surface area contributed by atoms with E-state index in [4.69, 9.17) is 0 Å². The lowest BCUT2D eigenvalue weighted by atomic mass is 9.44. The number of fused-ring (bicyclic) bond motifs is 4. The molecule has 0 aromatic heterocycles. The second kappa shape index (κ2) is 8.93. The number of benzene rings is 4. The summed E-state index contributed by atoms with van der Waals surface area (Å²) < 4.78 is 0. The van der Waals surface area contributed by atoms with Gasteiger partial charge in [0.1, 0.15) is 0 Å². The Labute approximate surface area is 227 Å². The van der Waals surface area contributed by atoms with E-state index in [1.807, 2.05) is 0 Å². The van der Waals surface area contributed by atoms with Gasteiger partial charge in [0.05, 0.1) is 11.2 Å². The maximum atomic E-state index is 13.2. The third-order valence-corrected chi connectivity index (χ3v) is 11.1. The molecule has 0 saturated heterocycles. The lowest BCUT2D eigenvalue weighted by molar-refractivity contribution is -0.257. The Morgan fingerprint density at radius 2 is 1.00 bits per heavy atom. The molecule has 4 aromatic carbocycles. The van der Waals surface area contributed by atoms with E-state index in [2.05, 4.69) is 101 Å². The van der Waals surface area contributed by atoms with Crippen LogP contribution in [-0.2, 0) is 11.2 Å². The van der Waals surface area contributed by atoms with E-state index in [0.717, 1.165) is 66.8 Å². The van der Waals surface area contributed by atoms with Crippen molar-refractivity contribution in [2.45, 2.75) is 61.0 Å². The summed E-state index contributed by atoms with van der Waals surface area (Å²) in [5, 5.41) is 31.1. The summed E-state index contributed by atoms with van der Waals surface area (Å²) >= 11 is 3.95. The van der Waals surface area contributed by atoms with E-state index < -0.39 is 11.2 Å². The lowest BCUT2D eigenvalue weighted by Crippen LogP contribution is -2.65. The van der Waals surface area contributed by atoms with Crippen molar-refractivity contribution >= 4 is 37.5 Å². The van der Waals surface area contributed by atoms with Crippen LogP contribution in [0.3, 0.4) is 0 Å². The molecule has 0 bridgehead atoms. The van der Waals surface area contributed by atoms with E-state index in [9.17, 15) is 10.2 Å². The molecular formula is C34H35BrO2. The molecule has 37 heavy (non-hydrogen) atoms. The van der Waals surface area contributed by atoms with Crippen molar-refractivity contribution in [1.29, 1.82) is 0 Å². The second-order valence-corrected chi connectivity index (χ2v) is 13.1. The van der Waals surface area contributed by atoms with Gasteiger partial charge < -0.3 is 10.2 Å². The van der Waals surface area contributed by atoms with Crippen molar-refractivity contribution in [3.05, 3.63) is 96.1 Å². The average Bonchev–Trinajstić information content (AvgIpc) is 2.95. The Balaban J connectivity index is 1.49. The summed E-state index contributed by atoms with van der Waals surface area (Å²) in [4.78, 5) is 0.354. The van der Waals surface area contributed by atoms with Crippen molar-refractivity contribution in [1.82, 2.24) is 0 Å². The Morgan fingerprint density at radius 3 is 1.57 bits per heavy atom. The third kappa shape index (κ3) is 3.43. The smallest absolute Gasteiger partial charge is 0.0966 e. The quantitative estimate of drug-likeness (QED) is 0.246. The fourth-order valence-electron chi connectivity index (χ4n) is 8.81. The van der Waals surface area contributed by atoms with Crippen LogP contribution in [0, 0.1) is 23.7 Å². The van der Waals surface area contributed by atoms with Gasteiger partial charge in [0.15, 0.2) is 0 Å². The SMILES string of the molecule is OC1(c2cccc3ccccc23)C2CCCCC2C(O)(c2cccc3ccccc23)C2CC(Br)CCC21. The van der Waals surface area contributed by atoms with E-state index >= 15 is 0 Å². The van der Waals surface area contributed by atoms with E-state index in [0.29, 0.717) is 4.83 Å². The molecule has 2 N–H and O–H groups in total. The molecule has 2 nitrogen and oxygen atoms in total. The Kier molecular flexibility index (Phi) is 5.77. The van der Waals surface area contributed by atoms with Gasteiger partial charge in [-0.1, -0.05) is 114 Å². The zero-order valence-electron chi connectivity index (χ0n) is 21.2. The molecule has 7 unspecified atom stereocenters. The van der Waals surface area contributed by atoms with Gasteiger partial charge in [0, 0.05) is 4.83 Å². The zero-order chi connectivity index (χ0) is 25.2. The molecule has 7 atom stereocenters. The van der Waals surface area contributed by atoms with Crippen LogP contribution in [0.2, 0.25) is 0 Å². The summed E-state index contributed by atoms with van der Waals surface area (Å²) in [5.74, 6) is -0.00519. The molecule has 3 aliphatic carbocycles. The average molecular weight is 556 g/mol. The summed E-state index contributed by atoms with van der Waals surface area (Å²) in [7, 11) is 0. The minimum atomic E-state index is -0.972. The number of hydrogen-bond donors (Lipinski definition) is 2. The van der Waals surface area contributed by atoms with Gasteiger partial charge in [-0.2, -0.15) is 0 Å². The topological polar surface area (TPSA) is 40.5 Å². The van der Waals surface area contributed by atoms with Crippen molar-refractivity contribution in [2.75, 3.05) is 0 Å². The number of aliphatic hydroxyl groups is 2.